The largest absolute Gasteiger partial charge is 0.304 e. The minimum absolute atomic E-state index is 0.573. The van der Waals surface area contributed by atoms with Gasteiger partial charge in [-0.3, -0.25) is 19.7 Å². The fourth-order valence-electron chi connectivity index (χ4n) is 1.34. The summed E-state index contributed by atoms with van der Waals surface area (Å²) in [6.07, 6.45) is 3.14. The number of nitrogens with zero attached hydrogens (tertiary/aromatic N) is 1. The van der Waals surface area contributed by atoms with E-state index < -0.39 is 23.6 Å². The van der Waals surface area contributed by atoms with E-state index >= 15 is 0 Å². The molecule has 1 aromatic rings. The predicted octanol–water partition coefficient (Wildman–Crippen LogP) is -1.26. The van der Waals surface area contributed by atoms with Gasteiger partial charge in [0.15, 0.2) is 12.4 Å². The second-order valence-electron chi connectivity index (χ2n) is 2.91. The van der Waals surface area contributed by atoms with Crippen molar-refractivity contribution in [3.05, 3.63) is 30.6 Å². The summed E-state index contributed by atoms with van der Waals surface area (Å²) >= 11 is 0. The molecule has 1 fully saturated rings. The van der Waals surface area contributed by atoms with Crippen molar-refractivity contribution in [2.45, 2.75) is 6.04 Å². The molecule has 0 aromatic carbocycles. The van der Waals surface area contributed by atoms with Gasteiger partial charge in [0.1, 0.15) is 0 Å². The van der Waals surface area contributed by atoms with E-state index in [1.807, 2.05) is 5.32 Å². The van der Waals surface area contributed by atoms with E-state index in [1.165, 1.54) is 4.57 Å². The molecular formula is C9H7N2O3+. The van der Waals surface area contributed by atoms with Crippen LogP contribution in [-0.2, 0) is 14.4 Å². The quantitative estimate of drug-likeness (QED) is 0.261. The van der Waals surface area contributed by atoms with Gasteiger partial charge in [0.2, 0.25) is 0 Å². The maximum absolute atomic E-state index is 11.3. The zero-order valence-corrected chi connectivity index (χ0v) is 7.14. The Hall–Kier alpha value is -2.04. The number of hydrogen-bond acceptors (Lipinski definition) is 3. The van der Waals surface area contributed by atoms with E-state index in [1.54, 1.807) is 30.6 Å². The highest BCUT2D eigenvalue weighted by molar-refractivity contribution is 6.48. The van der Waals surface area contributed by atoms with Crippen molar-refractivity contribution in [3.63, 3.8) is 0 Å². The summed E-state index contributed by atoms with van der Waals surface area (Å²) in [5.41, 5.74) is 0. The van der Waals surface area contributed by atoms with Gasteiger partial charge >= 0.3 is 17.9 Å². The van der Waals surface area contributed by atoms with Crippen LogP contribution < -0.4 is 9.88 Å². The van der Waals surface area contributed by atoms with Gasteiger partial charge in [-0.1, -0.05) is 6.07 Å². The highest BCUT2D eigenvalue weighted by atomic mass is 16.2. The van der Waals surface area contributed by atoms with E-state index in [4.69, 9.17) is 0 Å². The normalized spacial score (nSPS) is 21.1. The Balaban J connectivity index is 2.41. The van der Waals surface area contributed by atoms with E-state index in [9.17, 15) is 14.4 Å². The summed E-state index contributed by atoms with van der Waals surface area (Å²) in [5, 5.41) is 1.97. The van der Waals surface area contributed by atoms with Crippen LogP contribution in [0.2, 0.25) is 0 Å². The van der Waals surface area contributed by atoms with Crippen LogP contribution in [0, 0.1) is 0 Å². The van der Waals surface area contributed by atoms with Gasteiger partial charge in [-0.25, -0.2) is 0 Å². The fraction of sp³-hybridized carbons (Fsp3) is 0.111. The van der Waals surface area contributed by atoms with Crippen LogP contribution in [0.1, 0.15) is 6.04 Å². The molecule has 0 bridgehead atoms. The summed E-state index contributed by atoms with van der Waals surface area (Å²) < 4.78 is 1.41. The molecule has 14 heavy (non-hydrogen) atoms. The average Bonchev–Trinajstić information content (AvgIpc) is 2.43. The third kappa shape index (κ3) is 1.19. The van der Waals surface area contributed by atoms with E-state index in [0.29, 0.717) is 0 Å². The molecule has 2 amide bonds. The molecular weight excluding hydrogens is 184 g/mol. The molecule has 0 saturated carbocycles. The van der Waals surface area contributed by atoms with Gasteiger partial charge in [-0.15, -0.1) is 0 Å². The number of ketones is 1. The van der Waals surface area contributed by atoms with Crippen molar-refractivity contribution in [2.75, 3.05) is 0 Å². The molecule has 1 aliphatic heterocycles. The molecule has 2 rings (SSSR count). The van der Waals surface area contributed by atoms with Gasteiger partial charge in [-0.2, -0.15) is 4.57 Å². The van der Waals surface area contributed by atoms with Crippen LogP contribution in [0.3, 0.4) is 0 Å². The summed E-state index contributed by atoms with van der Waals surface area (Å²) in [6, 6.07) is 4.09. The molecule has 1 aliphatic rings. The lowest BCUT2D eigenvalue weighted by atomic mass is 10.2. The molecule has 0 spiro atoms. The first kappa shape index (κ1) is 8.55. The Morgan fingerprint density at radius 3 is 2.21 bits per heavy atom. The first-order valence-electron chi connectivity index (χ1n) is 4.05. The number of rotatable bonds is 1. The Labute approximate surface area is 79.3 Å². The number of carbonyl (C=O) groups is 3. The van der Waals surface area contributed by atoms with E-state index in [2.05, 4.69) is 0 Å². The van der Waals surface area contributed by atoms with Gasteiger partial charge in [0, 0.05) is 12.1 Å². The van der Waals surface area contributed by atoms with Crippen LogP contribution in [0.4, 0.5) is 0 Å². The minimum Gasteiger partial charge on any atom is -0.283 e. The lowest BCUT2D eigenvalue weighted by molar-refractivity contribution is -0.695. The average molecular weight is 191 g/mol. The highest BCUT2D eigenvalue weighted by Gasteiger charge is 2.47. The standard InChI is InChI=1S/C9H6N2O3/c12-7-6(8(13)10-9(7)14)11-4-2-1-3-5-11/h1-6H/p+1. The Kier molecular flexibility index (Phi) is 1.85. The first-order valence-corrected chi connectivity index (χ1v) is 4.05. The maximum Gasteiger partial charge on any atom is 0.304 e. The molecule has 1 unspecified atom stereocenters. The SMILES string of the molecule is O=C1NC(=O)C([n+]2ccccc2)C1=O. The molecule has 0 radical (unpaired) electrons. The lowest BCUT2D eigenvalue weighted by Crippen LogP contribution is -2.45. The van der Waals surface area contributed by atoms with Crippen molar-refractivity contribution in [3.8, 4) is 0 Å². The Morgan fingerprint density at radius 2 is 1.71 bits per heavy atom. The molecule has 70 valence electrons. The number of carbonyl (C=O) groups excluding carboxylic acids is 3. The minimum atomic E-state index is -1.04. The van der Waals surface area contributed by atoms with E-state index in [-0.39, 0.29) is 0 Å². The van der Waals surface area contributed by atoms with Gasteiger partial charge in [0.25, 0.3) is 5.78 Å². The van der Waals surface area contributed by atoms with Crippen molar-refractivity contribution < 1.29 is 19.0 Å². The fourth-order valence-corrected chi connectivity index (χ4v) is 1.34. The number of amides is 2. The zero-order chi connectivity index (χ0) is 10.1. The maximum atomic E-state index is 11.3. The number of imide groups is 1. The van der Waals surface area contributed by atoms with E-state index in [0.717, 1.165) is 0 Å². The van der Waals surface area contributed by atoms with Crippen molar-refractivity contribution in [2.24, 2.45) is 0 Å². The van der Waals surface area contributed by atoms with Crippen LogP contribution in [-0.4, -0.2) is 17.6 Å². The second kappa shape index (κ2) is 3.02. The number of Topliss-reactive ketones (excluding diaryl/α,β-unsaturated/α-hetero) is 1. The summed E-state index contributed by atoms with van der Waals surface area (Å²) in [7, 11) is 0. The lowest BCUT2D eigenvalue weighted by Gasteiger charge is -1.97. The van der Waals surface area contributed by atoms with Crippen LogP contribution >= 0.6 is 0 Å². The summed E-state index contributed by atoms with van der Waals surface area (Å²) in [4.78, 5) is 33.4. The highest BCUT2D eigenvalue weighted by Crippen LogP contribution is 2.05. The molecule has 1 aromatic heterocycles. The summed E-state index contributed by atoms with van der Waals surface area (Å²) in [6.45, 7) is 0. The third-order valence-electron chi connectivity index (χ3n) is 1.99. The number of pyridine rings is 1. The second-order valence-corrected chi connectivity index (χ2v) is 2.91. The van der Waals surface area contributed by atoms with Gasteiger partial charge < -0.3 is 0 Å². The van der Waals surface area contributed by atoms with Crippen LogP contribution in [0.15, 0.2) is 30.6 Å². The molecule has 5 heteroatoms. The Bertz CT molecular complexity index is 413. The van der Waals surface area contributed by atoms with Crippen LogP contribution in [0.25, 0.3) is 0 Å². The zero-order valence-electron chi connectivity index (χ0n) is 7.14. The molecule has 0 aliphatic carbocycles. The third-order valence-corrected chi connectivity index (χ3v) is 1.99. The number of aromatic nitrogens is 1. The van der Waals surface area contributed by atoms with Crippen LogP contribution in [0.5, 0.6) is 0 Å². The molecule has 1 N–H and O–H groups in total. The Morgan fingerprint density at radius 1 is 1.07 bits per heavy atom. The van der Waals surface area contributed by atoms with Crippen molar-refractivity contribution in [1.29, 1.82) is 0 Å². The summed E-state index contributed by atoms with van der Waals surface area (Å²) in [5.74, 6) is -2.13. The first-order chi connectivity index (χ1) is 6.70. The number of nitrogens with one attached hydrogen (secondary N) is 1. The smallest absolute Gasteiger partial charge is 0.283 e. The van der Waals surface area contributed by atoms with Gasteiger partial charge in [-0.05, 0) is 0 Å². The monoisotopic (exact) mass is 191 g/mol. The molecule has 5 nitrogen and oxygen atoms in total. The predicted molar refractivity (Wildman–Crippen MR) is 43.8 cm³/mol. The van der Waals surface area contributed by atoms with Gasteiger partial charge in [0.05, 0.1) is 0 Å². The van der Waals surface area contributed by atoms with Crippen molar-refractivity contribution in [1.82, 2.24) is 5.32 Å². The topological polar surface area (TPSA) is 67.1 Å². The molecule has 2 heterocycles. The molecule has 1 saturated heterocycles. The van der Waals surface area contributed by atoms with Crippen molar-refractivity contribution >= 4 is 17.6 Å². The molecule has 1 atom stereocenters. The number of hydrogen-bond donors (Lipinski definition) is 1.